The van der Waals surface area contributed by atoms with Crippen LogP contribution in [-0.2, 0) is 13.1 Å². The molecule has 2 rings (SSSR count). The fourth-order valence-electron chi connectivity index (χ4n) is 2.71. The molecule has 0 fully saturated rings. The monoisotopic (exact) mass is 322 g/mol. The van der Waals surface area contributed by atoms with Gasteiger partial charge in [0.05, 0.1) is 12.2 Å². The summed E-state index contributed by atoms with van der Waals surface area (Å²) in [6.07, 6.45) is -0.727. The van der Waals surface area contributed by atoms with E-state index in [2.05, 4.69) is 35.2 Å². The van der Waals surface area contributed by atoms with Gasteiger partial charge in [0.1, 0.15) is 6.04 Å². The van der Waals surface area contributed by atoms with Crippen LogP contribution in [0.15, 0.2) is 60.7 Å². The first-order valence-electron chi connectivity index (χ1n) is 8.31. The molecule has 0 heterocycles. The zero-order chi connectivity index (χ0) is 17.6. The van der Waals surface area contributed by atoms with Gasteiger partial charge in [-0.3, -0.25) is 4.90 Å². The van der Waals surface area contributed by atoms with E-state index in [-0.39, 0.29) is 5.41 Å². The summed E-state index contributed by atoms with van der Waals surface area (Å²) in [7, 11) is 0. The van der Waals surface area contributed by atoms with Gasteiger partial charge in [-0.2, -0.15) is 5.26 Å². The van der Waals surface area contributed by atoms with E-state index in [4.69, 9.17) is 0 Å². The van der Waals surface area contributed by atoms with E-state index in [0.29, 0.717) is 13.1 Å². The van der Waals surface area contributed by atoms with Gasteiger partial charge < -0.3 is 5.11 Å². The summed E-state index contributed by atoms with van der Waals surface area (Å²) in [6, 6.07) is 21.9. The first kappa shape index (κ1) is 18.2. The van der Waals surface area contributed by atoms with Gasteiger partial charge in [0.25, 0.3) is 0 Å². The second-order valence-corrected chi connectivity index (χ2v) is 7.26. The Morgan fingerprint density at radius 1 is 0.917 bits per heavy atom. The van der Waals surface area contributed by atoms with Crippen molar-refractivity contribution in [2.75, 3.05) is 0 Å². The van der Waals surface area contributed by atoms with Gasteiger partial charge in [0.2, 0.25) is 0 Å². The highest BCUT2D eigenvalue weighted by Gasteiger charge is 2.34. The van der Waals surface area contributed by atoms with Crippen LogP contribution in [0.5, 0.6) is 0 Å². The van der Waals surface area contributed by atoms with E-state index in [1.54, 1.807) is 0 Å². The zero-order valence-corrected chi connectivity index (χ0v) is 14.7. The van der Waals surface area contributed by atoms with Crippen LogP contribution in [0.4, 0.5) is 0 Å². The van der Waals surface area contributed by atoms with Gasteiger partial charge in [0, 0.05) is 13.1 Å². The molecule has 0 aromatic heterocycles. The SMILES string of the molecule is CC(C)(C)[C@H](O)[C@@H](C#N)N(Cc1ccccc1)Cc1ccccc1. The average molecular weight is 322 g/mol. The Labute approximate surface area is 145 Å². The van der Waals surface area contributed by atoms with Gasteiger partial charge in [-0.1, -0.05) is 81.4 Å². The minimum atomic E-state index is -0.727. The van der Waals surface area contributed by atoms with E-state index in [9.17, 15) is 10.4 Å². The molecule has 0 saturated heterocycles. The van der Waals surface area contributed by atoms with Crippen molar-refractivity contribution in [2.24, 2.45) is 5.41 Å². The van der Waals surface area contributed by atoms with E-state index in [1.807, 2.05) is 57.2 Å². The quantitative estimate of drug-likeness (QED) is 0.875. The van der Waals surface area contributed by atoms with Crippen molar-refractivity contribution in [3.05, 3.63) is 71.8 Å². The van der Waals surface area contributed by atoms with Crippen LogP contribution in [0.1, 0.15) is 31.9 Å². The first-order valence-corrected chi connectivity index (χ1v) is 8.31. The Kier molecular flexibility index (Phi) is 6.14. The van der Waals surface area contributed by atoms with Crippen LogP contribution in [-0.4, -0.2) is 22.2 Å². The normalized spacial score (nSPS) is 14.2. The topological polar surface area (TPSA) is 47.3 Å². The van der Waals surface area contributed by atoms with Crippen molar-refractivity contribution in [2.45, 2.75) is 46.0 Å². The predicted molar refractivity (Wildman–Crippen MR) is 97.0 cm³/mol. The second kappa shape index (κ2) is 8.10. The predicted octanol–water partition coefficient (Wildman–Crippen LogP) is 3.99. The first-order chi connectivity index (χ1) is 11.4. The van der Waals surface area contributed by atoms with Crippen LogP contribution in [0, 0.1) is 16.7 Å². The summed E-state index contributed by atoms with van der Waals surface area (Å²) < 4.78 is 0. The molecule has 1 N–H and O–H groups in total. The Bertz CT molecular complexity index is 614. The van der Waals surface area contributed by atoms with Crippen LogP contribution >= 0.6 is 0 Å². The number of benzene rings is 2. The number of nitrogens with zero attached hydrogens (tertiary/aromatic N) is 2. The molecule has 126 valence electrons. The fourth-order valence-corrected chi connectivity index (χ4v) is 2.71. The minimum absolute atomic E-state index is 0.355. The van der Waals surface area contributed by atoms with Gasteiger partial charge in [-0.15, -0.1) is 0 Å². The van der Waals surface area contributed by atoms with Crippen molar-refractivity contribution in [1.29, 1.82) is 5.26 Å². The van der Waals surface area contributed by atoms with Gasteiger partial charge in [-0.25, -0.2) is 0 Å². The standard InChI is InChI=1S/C21H26N2O/c1-21(2,3)20(24)19(14-22)23(15-17-10-6-4-7-11-17)16-18-12-8-5-9-13-18/h4-13,19-20,24H,15-16H2,1-3H3/t19-,20-/m1/s1. The molecule has 0 saturated carbocycles. The van der Waals surface area contributed by atoms with Crippen LogP contribution in [0.25, 0.3) is 0 Å². The third kappa shape index (κ3) is 4.92. The van der Waals surface area contributed by atoms with E-state index >= 15 is 0 Å². The van der Waals surface area contributed by atoms with Gasteiger partial charge >= 0.3 is 0 Å². The van der Waals surface area contributed by atoms with Crippen molar-refractivity contribution >= 4 is 0 Å². The van der Waals surface area contributed by atoms with Crippen LogP contribution in [0.2, 0.25) is 0 Å². The fraction of sp³-hybridized carbons (Fsp3) is 0.381. The molecule has 24 heavy (non-hydrogen) atoms. The molecular weight excluding hydrogens is 296 g/mol. The maximum atomic E-state index is 10.7. The molecule has 3 nitrogen and oxygen atoms in total. The molecule has 3 heteroatoms. The molecule has 0 aliphatic carbocycles. The lowest BCUT2D eigenvalue weighted by atomic mass is 9.84. The number of aliphatic hydroxyl groups is 1. The maximum absolute atomic E-state index is 10.7. The lowest BCUT2D eigenvalue weighted by Crippen LogP contribution is -2.47. The van der Waals surface area contributed by atoms with Crippen LogP contribution < -0.4 is 0 Å². The number of hydrogen-bond acceptors (Lipinski definition) is 3. The summed E-state index contributed by atoms with van der Waals surface area (Å²) in [5.41, 5.74) is 1.91. The molecule has 0 radical (unpaired) electrons. The molecule has 0 spiro atoms. The highest BCUT2D eigenvalue weighted by molar-refractivity contribution is 5.18. The molecular formula is C21H26N2O. The molecule has 0 aliphatic rings. The number of hydrogen-bond donors (Lipinski definition) is 1. The minimum Gasteiger partial charge on any atom is -0.390 e. The highest BCUT2D eigenvalue weighted by Crippen LogP contribution is 2.26. The number of nitriles is 1. The Morgan fingerprint density at radius 2 is 1.33 bits per heavy atom. The number of rotatable bonds is 6. The lowest BCUT2D eigenvalue weighted by molar-refractivity contribution is -0.00393. The summed E-state index contributed by atoms with van der Waals surface area (Å²) >= 11 is 0. The Morgan fingerprint density at radius 3 is 1.67 bits per heavy atom. The molecule has 0 aliphatic heterocycles. The smallest absolute Gasteiger partial charge is 0.125 e. The maximum Gasteiger partial charge on any atom is 0.125 e. The Balaban J connectivity index is 2.28. The average Bonchev–Trinajstić information content (AvgIpc) is 2.56. The van der Waals surface area contributed by atoms with E-state index in [1.165, 1.54) is 0 Å². The van der Waals surface area contributed by atoms with Crippen molar-refractivity contribution in [3.8, 4) is 6.07 Å². The van der Waals surface area contributed by atoms with Crippen molar-refractivity contribution in [1.82, 2.24) is 4.90 Å². The lowest BCUT2D eigenvalue weighted by Gasteiger charge is -2.36. The zero-order valence-electron chi connectivity index (χ0n) is 14.7. The Hall–Kier alpha value is -2.15. The van der Waals surface area contributed by atoms with Crippen molar-refractivity contribution in [3.63, 3.8) is 0 Å². The van der Waals surface area contributed by atoms with E-state index in [0.717, 1.165) is 11.1 Å². The van der Waals surface area contributed by atoms with E-state index < -0.39 is 12.1 Å². The van der Waals surface area contributed by atoms with Crippen molar-refractivity contribution < 1.29 is 5.11 Å². The van der Waals surface area contributed by atoms with Gasteiger partial charge in [-0.05, 0) is 16.5 Å². The summed E-state index contributed by atoms with van der Waals surface area (Å²) in [4.78, 5) is 2.06. The third-order valence-electron chi connectivity index (χ3n) is 4.17. The molecule has 2 atom stereocenters. The summed E-state index contributed by atoms with van der Waals surface area (Å²) in [5.74, 6) is 0. The summed E-state index contributed by atoms with van der Waals surface area (Å²) in [6.45, 7) is 7.14. The largest absolute Gasteiger partial charge is 0.390 e. The summed E-state index contributed by atoms with van der Waals surface area (Å²) in [5, 5.41) is 20.4. The number of aliphatic hydroxyl groups excluding tert-OH is 1. The van der Waals surface area contributed by atoms with Crippen LogP contribution in [0.3, 0.4) is 0 Å². The second-order valence-electron chi connectivity index (χ2n) is 7.26. The molecule has 0 amide bonds. The molecule has 2 aromatic carbocycles. The third-order valence-corrected chi connectivity index (χ3v) is 4.17. The molecule has 0 bridgehead atoms. The highest BCUT2D eigenvalue weighted by atomic mass is 16.3. The molecule has 0 unspecified atom stereocenters. The molecule has 2 aromatic rings. The van der Waals surface area contributed by atoms with Gasteiger partial charge in [0.15, 0.2) is 0 Å².